The van der Waals surface area contributed by atoms with Crippen molar-refractivity contribution in [2.75, 3.05) is 100 Å². The molecule has 4 aliphatic heterocycles. The molecule has 0 aliphatic carbocycles. The highest BCUT2D eigenvalue weighted by Gasteiger charge is 2.48. The number of fused-ring (bicyclic) bond motifs is 2. The van der Waals surface area contributed by atoms with Crippen LogP contribution in [0.15, 0.2) is 142 Å². The summed E-state index contributed by atoms with van der Waals surface area (Å²) in [4.78, 5) is 111. The minimum atomic E-state index is -1.36. The number of alkyl carbamates (subject to hydrolysis) is 1. The third-order valence-electron chi connectivity index (χ3n) is 20.8. The molecule has 0 radical (unpaired) electrons. The molecule has 4 fully saturated rings. The van der Waals surface area contributed by atoms with Crippen molar-refractivity contribution >= 4 is 87.5 Å². The van der Waals surface area contributed by atoms with E-state index in [1.807, 2.05) is 126 Å². The Morgan fingerprint density at radius 2 is 1.03 bits per heavy atom. The molecule has 1 amide bonds. The Labute approximate surface area is 708 Å². The van der Waals surface area contributed by atoms with E-state index in [9.17, 15) is 55.2 Å². The number of amides is 1. The van der Waals surface area contributed by atoms with E-state index in [0.29, 0.717) is 101 Å². The molecule has 3 aromatic carbocycles. The van der Waals surface area contributed by atoms with Crippen molar-refractivity contribution in [2.45, 2.75) is 180 Å². The molecule has 13 rings (SSSR count). The maximum atomic E-state index is 14.3. The van der Waals surface area contributed by atoms with Crippen LogP contribution in [0.4, 0.5) is 28.1 Å². The number of nitrogen functional groups attached to an aromatic ring is 3. The zero-order valence-corrected chi connectivity index (χ0v) is 69.7. The van der Waals surface area contributed by atoms with Gasteiger partial charge in [-0.1, -0.05) is 93.6 Å². The van der Waals surface area contributed by atoms with Crippen molar-refractivity contribution < 1.29 is 93.2 Å². The average molecular weight is 1730 g/mol. The quantitative estimate of drug-likeness (QED) is 0.0214. The molecule has 0 bridgehead atoms. The molecule has 2 unspecified atom stereocenters. The smallest absolute Gasteiger partial charge is 0.407 e. The van der Waals surface area contributed by atoms with Gasteiger partial charge in [-0.05, 0) is 80.9 Å². The number of carbonyl (C=O) groups excluding carboxylic acids is 5. The second-order valence-electron chi connectivity index (χ2n) is 31.1. The molecule has 41 nitrogen and oxygen atoms in total. The Kier molecular flexibility index (Phi) is 32.8. The summed E-state index contributed by atoms with van der Waals surface area (Å²) < 4.78 is 41.1. The van der Waals surface area contributed by atoms with Crippen LogP contribution in [-0.4, -0.2) is 278 Å². The number of aliphatic hydroxyl groups excluding tert-OH is 8. The molecule has 10 heterocycles. The van der Waals surface area contributed by atoms with Crippen molar-refractivity contribution in [2.24, 2.45) is 11.1 Å². The Bertz CT molecular complexity index is 5040. The molecule has 4 saturated heterocycles. The minimum Gasteiger partial charge on any atom is -0.497 e. The van der Waals surface area contributed by atoms with E-state index in [1.165, 1.54) is 67.1 Å². The van der Waals surface area contributed by atoms with E-state index < -0.39 is 127 Å². The number of nitrogens with two attached hydrogens (primary N) is 4. The van der Waals surface area contributed by atoms with E-state index in [0.717, 1.165) is 16.7 Å². The number of ether oxygens (including phenoxy) is 6. The predicted molar refractivity (Wildman–Crippen MR) is 441 cm³/mol. The van der Waals surface area contributed by atoms with Crippen LogP contribution < -0.4 is 49.7 Å². The van der Waals surface area contributed by atoms with Gasteiger partial charge in [0.05, 0.1) is 55.0 Å². The van der Waals surface area contributed by atoms with Crippen LogP contribution in [0.5, 0.6) is 5.75 Å². The Balaban J connectivity index is 0.000000273. The number of carbonyl (C=O) groups is 1. The minimum absolute atomic E-state index is 0.0549. The fourth-order valence-corrected chi connectivity index (χ4v) is 16.6. The molecule has 18 N–H and O–H groups in total. The van der Waals surface area contributed by atoms with Gasteiger partial charge >= 0.3 is 29.8 Å². The summed E-state index contributed by atoms with van der Waals surface area (Å²) in [6.45, 7) is 13.6. The largest absolute Gasteiger partial charge is 0.497 e. The van der Waals surface area contributed by atoms with E-state index >= 15 is 0 Å². The van der Waals surface area contributed by atoms with E-state index in [1.54, 1.807) is 19.5 Å². The fraction of sp³-hybridized carbons (Fsp3) is 0.506. The highest BCUT2D eigenvalue weighted by Crippen LogP contribution is 2.44. The number of imidazole rings is 2. The van der Waals surface area contributed by atoms with Crippen molar-refractivity contribution in [3.05, 3.63) is 160 Å². The molecule has 0 spiro atoms. The fourth-order valence-electron chi connectivity index (χ4n) is 14.6. The zero-order valence-electron chi connectivity index (χ0n) is 68.1. The van der Waals surface area contributed by atoms with Crippen LogP contribution in [0.25, 0.3) is 22.3 Å². The maximum absolute atomic E-state index is 14.3. The van der Waals surface area contributed by atoms with Crippen LogP contribution in [-0.2, 0) is 48.4 Å². The van der Waals surface area contributed by atoms with Gasteiger partial charge < -0.3 is 103 Å². The van der Waals surface area contributed by atoms with Gasteiger partial charge in [0, 0.05) is 75.5 Å². The number of nitrogens with zero attached hydrogens (tertiary/aromatic N) is 14. The lowest BCUT2D eigenvalue weighted by molar-refractivity contribution is -0.193. The van der Waals surface area contributed by atoms with Gasteiger partial charge in [0.15, 0.2) is 35.4 Å². The maximum Gasteiger partial charge on any atom is 0.407 e. The number of hydrogen-bond donors (Lipinski definition) is 14. The van der Waals surface area contributed by atoms with Gasteiger partial charge in [-0.15, -0.1) is 23.5 Å². The van der Waals surface area contributed by atoms with E-state index in [2.05, 4.69) is 55.3 Å². The highest BCUT2D eigenvalue weighted by atomic mass is 32.2. The van der Waals surface area contributed by atoms with Crippen molar-refractivity contribution in [1.82, 2.24) is 73.3 Å². The molecule has 9 aromatic rings. The number of methoxy groups -OCH3 is 1. The van der Waals surface area contributed by atoms with Crippen LogP contribution in [0.1, 0.15) is 109 Å². The SMILES string of the molecule is COc1ccc(C(Nc2nc(=O)n(C3C[C@H](O)[C@@H](CO)O3)cc2SCCN(CC[C@H](NC(=O)OC(C)(C)C)C(C)(C)C)C[C@H]2O[C@@H](n3cnc4c(N)ncnc43)[C@H](O)[C@@H]2O)(c2ccccc2)c2ccccc2)cc1.NCCCN(CCSc1cn(C2C[C@H](O)[C@@H](CO)O2)c(=O)nc1N)C[C@H]1O[C@@H](n2cnc3c(N)ncnc32)[C@H](O)[C@@H]1O.O=C=O.O=C=O. The highest BCUT2D eigenvalue weighted by molar-refractivity contribution is 7.99. The summed E-state index contributed by atoms with van der Waals surface area (Å²) in [5, 5.41) is 91.9. The number of hydrogen-bond acceptors (Lipinski definition) is 38. The molecule has 658 valence electrons. The van der Waals surface area contributed by atoms with Crippen molar-refractivity contribution in [3.8, 4) is 5.75 Å². The number of thioether (sulfide) groups is 2. The summed E-state index contributed by atoms with van der Waals surface area (Å²) >= 11 is 2.80. The molecule has 43 heteroatoms. The normalized spacial score (nSPS) is 22.9. The standard InChI is InChI=1S/C53H68N10O10S.C24H36N10O7S.2CO2/c1-51(2,3)40(58-50(69)73-52(4,5)6)22-23-61(27-37-43(66)44(67)48(72-37)63-31-57-42-45(54)55-30-56-47(42)63)24-25-74-39-28-62(41-26-36(65)38(29-64)71-41)49(68)59-46(39)60-53(32-14-10-8-11-15-32,33-16-12-9-13-17-33)34-18-20-35(70-7)21-19-34;25-2-1-3-32(4-5-42-15-8-33(24(39)31-20(15)26)16-6-12(36)14(9-35)40-16)7-13-18(37)19(38)23(41-13)34-11-30-17-21(27)28-10-29-22(17)34;2*2-1-3/h8-21,28,30-31,36-38,40-41,43-44,48,64-67H,22-27,29H2,1-7H3,(H,58,69)(H2,54,55,56)(H,59,60,68);8,10-14,16,18-19,23,35-38H,1-7,9,25H2,(H2,26,31,39)(H2,27,28,29);;/t36-,37+,38+,40-,41?,43+,44+,48+;12-,13+,14+,16?,18+,19+,23+;;/m00../s1. The lowest BCUT2D eigenvalue weighted by Crippen LogP contribution is -2.48. The van der Waals surface area contributed by atoms with E-state index in [-0.39, 0.29) is 67.6 Å². The first-order valence-corrected chi connectivity index (χ1v) is 41.0. The van der Waals surface area contributed by atoms with Crippen LogP contribution in [0.3, 0.4) is 0 Å². The summed E-state index contributed by atoms with van der Waals surface area (Å²) in [6.07, 6.45) is -3.91. The second kappa shape index (κ2) is 42.6. The predicted octanol–water partition coefficient (Wildman–Crippen LogP) is 1.14. The second-order valence-corrected chi connectivity index (χ2v) is 33.4. The van der Waals surface area contributed by atoms with Crippen LogP contribution in [0, 0.1) is 5.41 Å². The summed E-state index contributed by atoms with van der Waals surface area (Å²) in [5.74, 6) is 2.30. The molecule has 122 heavy (non-hydrogen) atoms. The first kappa shape index (κ1) is 93.9. The molecule has 15 atom stereocenters. The van der Waals surface area contributed by atoms with Gasteiger partial charge in [0.1, 0.15) is 114 Å². The molecular weight excluding hydrogens is 1630 g/mol. The zero-order chi connectivity index (χ0) is 88.3. The van der Waals surface area contributed by atoms with Gasteiger partial charge in [0.25, 0.3) is 0 Å². The molecule has 4 aliphatic rings. The monoisotopic (exact) mass is 1730 g/mol. The van der Waals surface area contributed by atoms with Crippen LogP contribution >= 0.6 is 23.5 Å². The number of aliphatic hydroxyl groups is 8. The van der Waals surface area contributed by atoms with Crippen molar-refractivity contribution in [3.63, 3.8) is 0 Å². The molecular formula is C79H104N20O21S2. The third-order valence-corrected chi connectivity index (χ3v) is 22.9. The third kappa shape index (κ3) is 22.7. The summed E-state index contributed by atoms with van der Waals surface area (Å²) in [6, 6.07) is 27.1. The molecule has 6 aromatic heterocycles. The van der Waals surface area contributed by atoms with Gasteiger partial charge in [0.2, 0.25) is 0 Å². The van der Waals surface area contributed by atoms with Crippen molar-refractivity contribution in [1.29, 1.82) is 0 Å². The van der Waals surface area contributed by atoms with Gasteiger partial charge in [-0.2, -0.15) is 29.1 Å². The summed E-state index contributed by atoms with van der Waals surface area (Å²) in [7, 11) is 1.61. The van der Waals surface area contributed by atoms with E-state index in [4.69, 9.17) is 75.5 Å². The number of rotatable bonds is 31. The topological polar surface area (TPSA) is 594 Å². The number of aromatic nitrogens is 12. The average Bonchev–Trinajstić information content (AvgIpc) is 1.19. The first-order chi connectivity index (χ1) is 58.3. The Hall–Kier alpha value is -10.3. The number of anilines is 4. The lowest BCUT2D eigenvalue weighted by atomic mass is 9.77. The lowest BCUT2D eigenvalue weighted by Gasteiger charge is -2.38. The Morgan fingerprint density at radius 3 is 1.48 bits per heavy atom. The summed E-state index contributed by atoms with van der Waals surface area (Å²) in [5.41, 5.74) is 24.3. The molecule has 0 saturated carbocycles. The van der Waals surface area contributed by atoms with Crippen LogP contribution in [0.2, 0.25) is 0 Å². The number of nitrogens with one attached hydrogen (secondary N) is 2. The van der Waals surface area contributed by atoms with Gasteiger partial charge in [-0.3, -0.25) is 28.1 Å². The van der Waals surface area contributed by atoms with Gasteiger partial charge in [-0.25, -0.2) is 44.3 Å². The first-order valence-electron chi connectivity index (χ1n) is 39.1. The number of benzene rings is 3. The Morgan fingerprint density at radius 1 is 0.582 bits per heavy atom.